The number of carbonyl (C=O) groups excluding carboxylic acids is 1. The zero-order valence-electron chi connectivity index (χ0n) is 15.2. The van der Waals surface area contributed by atoms with Crippen molar-refractivity contribution in [3.63, 3.8) is 0 Å². The van der Waals surface area contributed by atoms with Gasteiger partial charge in [-0.05, 0) is 52.3 Å². The quantitative estimate of drug-likeness (QED) is 0.905. The number of aromatic nitrogens is 2. The van der Waals surface area contributed by atoms with Crippen molar-refractivity contribution in [1.82, 2.24) is 20.4 Å². The molecule has 1 aliphatic heterocycles. The first-order valence-electron chi connectivity index (χ1n) is 8.93. The van der Waals surface area contributed by atoms with Gasteiger partial charge in [0.05, 0.1) is 12.5 Å². The lowest BCUT2D eigenvalue weighted by molar-refractivity contribution is -0.127. The molecule has 3 rings (SSSR count). The van der Waals surface area contributed by atoms with Gasteiger partial charge in [-0.25, -0.2) is 0 Å². The molecule has 0 saturated carbocycles. The van der Waals surface area contributed by atoms with Crippen molar-refractivity contribution in [3.8, 4) is 11.5 Å². The van der Waals surface area contributed by atoms with Crippen LogP contribution < -0.4 is 5.32 Å². The van der Waals surface area contributed by atoms with Gasteiger partial charge in [0.1, 0.15) is 0 Å². The monoisotopic (exact) mass is 342 g/mol. The fourth-order valence-corrected chi connectivity index (χ4v) is 3.15. The highest BCUT2D eigenvalue weighted by Gasteiger charge is 2.27. The number of piperidine rings is 1. The maximum absolute atomic E-state index is 12.2. The minimum atomic E-state index is 0.0413. The van der Waals surface area contributed by atoms with Gasteiger partial charge >= 0.3 is 0 Å². The van der Waals surface area contributed by atoms with E-state index in [9.17, 15) is 4.79 Å². The van der Waals surface area contributed by atoms with Crippen molar-refractivity contribution in [2.75, 3.05) is 13.1 Å². The number of amides is 1. The molecule has 6 nitrogen and oxygen atoms in total. The summed E-state index contributed by atoms with van der Waals surface area (Å²) >= 11 is 0. The average molecular weight is 342 g/mol. The van der Waals surface area contributed by atoms with Gasteiger partial charge in [-0.3, -0.25) is 9.69 Å². The topological polar surface area (TPSA) is 71.3 Å². The lowest BCUT2D eigenvalue weighted by atomic mass is 9.97. The zero-order chi connectivity index (χ0) is 17.8. The van der Waals surface area contributed by atoms with Gasteiger partial charge in [-0.1, -0.05) is 22.9 Å². The Kier molecular flexibility index (Phi) is 5.48. The molecule has 1 aromatic heterocycles. The molecular formula is C19H26N4O2. The van der Waals surface area contributed by atoms with E-state index in [0.717, 1.165) is 31.5 Å². The molecule has 0 spiro atoms. The first kappa shape index (κ1) is 17.6. The Labute approximate surface area is 148 Å². The van der Waals surface area contributed by atoms with E-state index in [1.54, 1.807) is 0 Å². The Bertz CT molecular complexity index is 708. The minimum Gasteiger partial charge on any atom is -0.354 e. The van der Waals surface area contributed by atoms with E-state index in [2.05, 4.69) is 20.4 Å². The molecule has 1 saturated heterocycles. The summed E-state index contributed by atoms with van der Waals surface area (Å²) in [6.45, 7) is 8.34. The fourth-order valence-electron chi connectivity index (χ4n) is 3.15. The molecule has 0 aliphatic carbocycles. The van der Waals surface area contributed by atoms with Crippen molar-refractivity contribution < 1.29 is 9.32 Å². The van der Waals surface area contributed by atoms with Crippen LogP contribution in [0.25, 0.3) is 11.5 Å². The normalized spacial score (nSPS) is 18.5. The number of nitrogens with one attached hydrogen (secondary N) is 1. The first-order valence-corrected chi connectivity index (χ1v) is 8.93. The molecule has 6 heteroatoms. The van der Waals surface area contributed by atoms with Gasteiger partial charge in [0.15, 0.2) is 5.82 Å². The van der Waals surface area contributed by atoms with E-state index in [1.165, 1.54) is 5.56 Å². The Morgan fingerprint density at radius 3 is 2.84 bits per heavy atom. The van der Waals surface area contributed by atoms with Gasteiger partial charge in [-0.2, -0.15) is 4.98 Å². The molecule has 1 N–H and O–H groups in total. The summed E-state index contributed by atoms with van der Waals surface area (Å²) in [5.74, 6) is 1.40. The van der Waals surface area contributed by atoms with E-state index in [-0.39, 0.29) is 17.9 Å². The van der Waals surface area contributed by atoms with E-state index in [1.807, 2.05) is 45.0 Å². The van der Waals surface area contributed by atoms with Gasteiger partial charge in [0.25, 0.3) is 5.89 Å². The molecule has 25 heavy (non-hydrogen) atoms. The number of hydrogen-bond donors (Lipinski definition) is 1. The van der Waals surface area contributed by atoms with Gasteiger partial charge in [0.2, 0.25) is 5.91 Å². The van der Waals surface area contributed by atoms with Crippen molar-refractivity contribution in [2.45, 2.75) is 46.2 Å². The van der Waals surface area contributed by atoms with Gasteiger partial charge < -0.3 is 9.84 Å². The van der Waals surface area contributed by atoms with E-state index < -0.39 is 0 Å². The highest BCUT2D eigenvalue weighted by molar-refractivity contribution is 5.79. The summed E-state index contributed by atoms with van der Waals surface area (Å²) < 4.78 is 5.39. The highest BCUT2D eigenvalue weighted by Crippen LogP contribution is 2.21. The molecule has 1 amide bonds. The number of aryl methyl sites for hydroxylation is 1. The molecule has 0 radical (unpaired) electrons. The number of hydrogen-bond acceptors (Lipinski definition) is 5. The zero-order valence-corrected chi connectivity index (χ0v) is 15.2. The number of benzene rings is 1. The second kappa shape index (κ2) is 7.78. The molecule has 1 atom stereocenters. The second-order valence-corrected chi connectivity index (χ2v) is 7.12. The van der Waals surface area contributed by atoms with Crippen LogP contribution in [0.5, 0.6) is 0 Å². The molecule has 0 bridgehead atoms. The van der Waals surface area contributed by atoms with Crippen LogP contribution in [0.3, 0.4) is 0 Å². The van der Waals surface area contributed by atoms with E-state index in [0.29, 0.717) is 18.3 Å². The minimum absolute atomic E-state index is 0.0413. The number of nitrogens with zero attached hydrogens (tertiary/aromatic N) is 3. The Balaban J connectivity index is 1.60. The summed E-state index contributed by atoms with van der Waals surface area (Å²) in [6, 6.07) is 8.21. The summed E-state index contributed by atoms with van der Waals surface area (Å²) in [6.07, 6.45) is 1.95. The summed E-state index contributed by atoms with van der Waals surface area (Å²) in [5, 5.41) is 7.11. The summed E-state index contributed by atoms with van der Waals surface area (Å²) in [5.41, 5.74) is 2.12. The molecular weight excluding hydrogens is 316 g/mol. The van der Waals surface area contributed by atoms with E-state index in [4.69, 9.17) is 4.52 Å². The molecule has 134 valence electrons. The van der Waals surface area contributed by atoms with Crippen LogP contribution >= 0.6 is 0 Å². The van der Waals surface area contributed by atoms with Crippen molar-refractivity contribution >= 4 is 5.91 Å². The van der Waals surface area contributed by atoms with E-state index >= 15 is 0 Å². The smallest absolute Gasteiger partial charge is 0.257 e. The lowest BCUT2D eigenvalue weighted by Crippen LogP contribution is -2.44. The molecule has 2 heterocycles. The van der Waals surface area contributed by atoms with Crippen molar-refractivity contribution in [1.29, 1.82) is 0 Å². The highest BCUT2D eigenvalue weighted by atomic mass is 16.5. The maximum Gasteiger partial charge on any atom is 0.257 e. The molecule has 1 fully saturated rings. The van der Waals surface area contributed by atoms with Gasteiger partial charge in [0, 0.05) is 18.2 Å². The largest absolute Gasteiger partial charge is 0.354 e. The number of carbonyl (C=O) groups is 1. The third-order valence-electron chi connectivity index (χ3n) is 4.44. The van der Waals surface area contributed by atoms with Crippen molar-refractivity contribution in [3.05, 3.63) is 35.7 Å². The maximum atomic E-state index is 12.2. The van der Waals surface area contributed by atoms with Crippen LogP contribution in [0.4, 0.5) is 0 Å². The summed E-state index contributed by atoms with van der Waals surface area (Å²) in [4.78, 5) is 19.0. The predicted molar refractivity (Wildman–Crippen MR) is 95.8 cm³/mol. The lowest BCUT2D eigenvalue weighted by Gasteiger charge is -2.31. The standard InChI is InChI=1S/C19H26N4O2/c1-13(2)20-18(24)16-5-4-10-23(11-16)12-17-21-19(25-22-17)15-8-6-14(3)7-9-15/h6-9,13,16H,4-5,10-12H2,1-3H3,(H,20,24). The molecule has 2 aromatic rings. The Morgan fingerprint density at radius 2 is 2.12 bits per heavy atom. The van der Waals surface area contributed by atoms with Gasteiger partial charge in [-0.15, -0.1) is 0 Å². The van der Waals surface area contributed by atoms with Crippen LogP contribution in [-0.2, 0) is 11.3 Å². The Morgan fingerprint density at radius 1 is 1.36 bits per heavy atom. The SMILES string of the molecule is Cc1ccc(-c2nc(CN3CCCC(C(=O)NC(C)C)C3)no2)cc1. The Hall–Kier alpha value is -2.21. The van der Waals surface area contributed by atoms with Crippen molar-refractivity contribution in [2.24, 2.45) is 5.92 Å². The number of likely N-dealkylation sites (tertiary alicyclic amines) is 1. The van der Waals surface area contributed by atoms with Crippen LogP contribution in [-0.4, -0.2) is 40.1 Å². The fraction of sp³-hybridized carbons (Fsp3) is 0.526. The van der Waals surface area contributed by atoms with Crippen LogP contribution in [0.2, 0.25) is 0 Å². The predicted octanol–water partition coefficient (Wildman–Crippen LogP) is 2.78. The second-order valence-electron chi connectivity index (χ2n) is 7.12. The third kappa shape index (κ3) is 4.66. The summed E-state index contributed by atoms with van der Waals surface area (Å²) in [7, 11) is 0. The first-order chi connectivity index (χ1) is 12.0. The molecule has 1 aromatic carbocycles. The van der Waals surface area contributed by atoms with Crippen LogP contribution in [0.1, 0.15) is 38.1 Å². The molecule has 1 aliphatic rings. The van der Waals surface area contributed by atoms with Crippen LogP contribution in [0.15, 0.2) is 28.8 Å². The number of rotatable bonds is 5. The molecule has 1 unspecified atom stereocenters. The average Bonchev–Trinajstić information content (AvgIpc) is 3.03. The van der Waals surface area contributed by atoms with Crippen LogP contribution in [0, 0.1) is 12.8 Å². The third-order valence-corrected chi connectivity index (χ3v) is 4.44.